The molecule has 2 aromatic carbocycles. The summed E-state index contributed by atoms with van der Waals surface area (Å²) in [6.45, 7) is 15.4. The number of fused-ring (bicyclic) bond motifs is 2. The molecule has 5 fully saturated rings. The monoisotopic (exact) mass is 585 g/mol. The van der Waals surface area contributed by atoms with E-state index in [4.69, 9.17) is 0 Å². The van der Waals surface area contributed by atoms with Gasteiger partial charge in [0, 0.05) is 12.2 Å². The van der Waals surface area contributed by atoms with Gasteiger partial charge in [-0.25, -0.2) is 0 Å². The highest BCUT2D eigenvalue weighted by molar-refractivity contribution is 7.81. The fourth-order valence-electron chi connectivity index (χ4n) is 12.1. The molecule has 4 atom stereocenters. The van der Waals surface area contributed by atoms with Crippen molar-refractivity contribution in [2.45, 2.75) is 160 Å². The maximum Gasteiger partial charge on any atom is 0.212 e. The minimum atomic E-state index is -1.39. The molecule has 5 aliphatic rings. The molecule has 42 heavy (non-hydrogen) atoms. The number of aryl methyl sites for hydroxylation is 6. The third-order valence-corrected chi connectivity index (χ3v) is 20.0. The second kappa shape index (κ2) is 11.2. The lowest BCUT2D eigenvalue weighted by Gasteiger charge is -2.71. The molecular weight excluding hydrogens is 527 g/mol. The van der Waals surface area contributed by atoms with E-state index in [2.05, 4.69) is 76.0 Å². The molecule has 2 heterocycles. The summed E-state index contributed by atoms with van der Waals surface area (Å²) < 4.78 is 0. The molecule has 0 bridgehead atoms. The van der Waals surface area contributed by atoms with E-state index >= 15 is 0 Å². The van der Waals surface area contributed by atoms with Crippen molar-refractivity contribution in [3.05, 3.63) is 63.2 Å². The van der Waals surface area contributed by atoms with Crippen molar-refractivity contribution in [2.75, 3.05) is 11.4 Å². The van der Waals surface area contributed by atoms with Crippen molar-refractivity contribution < 1.29 is 0 Å². The molecule has 3 aliphatic carbocycles. The van der Waals surface area contributed by atoms with Gasteiger partial charge >= 0.3 is 0 Å². The summed E-state index contributed by atoms with van der Waals surface area (Å²) in [4.78, 5) is 3.19. The smallest absolute Gasteiger partial charge is 0.212 e. The van der Waals surface area contributed by atoms with Crippen LogP contribution in [0, 0.1) is 47.5 Å². The van der Waals surface area contributed by atoms with Crippen LogP contribution >= 0.6 is 7.26 Å². The lowest BCUT2D eigenvalue weighted by molar-refractivity contribution is 0.196. The maximum absolute atomic E-state index is 4.66. The first-order valence-corrected chi connectivity index (χ1v) is 19.9. The van der Waals surface area contributed by atoms with Gasteiger partial charge in [-0.2, -0.15) is 0 Å². The zero-order valence-corrected chi connectivity index (χ0v) is 28.6. The van der Waals surface area contributed by atoms with E-state index in [1.807, 2.05) is 0 Å². The van der Waals surface area contributed by atoms with Gasteiger partial charge in [-0.15, -0.1) is 0 Å². The van der Waals surface area contributed by atoms with Gasteiger partial charge in [-0.1, -0.05) is 54.7 Å². The topological polar surface area (TPSA) is 15.3 Å². The summed E-state index contributed by atoms with van der Waals surface area (Å²) in [7, 11) is -1.39. The number of hydrogen-bond donors (Lipinski definition) is 1. The van der Waals surface area contributed by atoms with Gasteiger partial charge in [-0.05, 0) is 140 Å². The van der Waals surface area contributed by atoms with Gasteiger partial charge in [-0.3, -0.25) is 5.32 Å². The Morgan fingerprint density at radius 1 is 0.619 bits per heavy atom. The Hall–Kier alpha value is -1.37. The van der Waals surface area contributed by atoms with Crippen LogP contribution < -0.4 is 10.2 Å². The van der Waals surface area contributed by atoms with Gasteiger partial charge in [0.15, 0.2) is 0 Å². The number of nitrogens with one attached hydrogen (secondary N) is 1. The quantitative estimate of drug-likeness (QED) is 0.359. The lowest BCUT2D eigenvalue weighted by atomic mass is 9.83. The molecule has 228 valence electrons. The zero-order chi connectivity index (χ0) is 29.2. The van der Waals surface area contributed by atoms with Crippen LogP contribution in [0.4, 0.5) is 5.69 Å². The Kier molecular flexibility index (Phi) is 7.83. The fraction of sp³-hybridized carbons (Fsp3) is 0.692. The second-order valence-electron chi connectivity index (χ2n) is 15.4. The Labute approximate surface area is 258 Å². The highest BCUT2D eigenvalue weighted by atomic mass is 31.2. The largest absolute Gasteiger partial charge is 0.313 e. The molecule has 2 aliphatic heterocycles. The molecule has 2 nitrogen and oxygen atoms in total. The van der Waals surface area contributed by atoms with Gasteiger partial charge in [0.25, 0.3) is 0 Å². The van der Waals surface area contributed by atoms with Gasteiger partial charge < -0.3 is 4.90 Å². The Morgan fingerprint density at radius 3 is 1.64 bits per heavy atom. The molecule has 4 unspecified atom stereocenters. The Morgan fingerprint density at radius 2 is 1.10 bits per heavy atom. The molecule has 2 aromatic rings. The van der Waals surface area contributed by atoms with Crippen LogP contribution in [0.1, 0.15) is 135 Å². The van der Waals surface area contributed by atoms with Crippen molar-refractivity contribution in [3.63, 3.8) is 0 Å². The summed E-state index contributed by atoms with van der Waals surface area (Å²) in [6, 6.07) is 10.3. The van der Waals surface area contributed by atoms with Crippen LogP contribution in [-0.2, 0) is 0 Å². The van der Waals surface area contributed by atoms with E-state index < -0.39 is 7.26 Å². The number of anilines is 1. The molecule has 0 radical (unpaired) electrons. The van der Waals surface area contributed by atoms with Crippen LogP contribution in [0.5, 0.6) is 0 Å². The lowest BCUT2D eigenvalue weighted by Crippen LogP contribution is -2.75. The van der Waals surface area contributed by atoms with Crippen LogP contribution in [0.25, 0.3) is 0 Å². The Balaban J connectivity index is 1.50. The van der Waals surface area contributed by atoms with E-state index in [9.17, 15) is 0 Å². The van der Waals surface area contributed by atoms with E-state index in [-0.39, 0.29) is 5.40 Å². The van der Waals surface area contributed by atoms with Crippen LogP contribution in [0.3, 0.4) is 0 Å². The molecule has 0 amide bonds. The molecule has 7 rings (SSSR count). The number of benzene rings is 2. The fourth-order valence-corrected chi connectivity index (χ4v) is 21.0. The minimum Gasteiger partial charge on any atom is -0.313 e. The second-order valence-corrected chi connectivity index (χ2v) is 19.9. The number of hydrogen-bond acceptors (Lipinski definition) is 2. The number of nitrogens with zero attached hydrogens (tertiary/aromatic N) is 1. The normalized spacial score (nSPS) is 31.8. The average Bonchev–Trinajstić information content (AvgIpc) is 3.35. The first-order valence-electron chi connectivity index (χ1n) is 17.9. The molecule has 1 spiro atoms. The van der Waals surface area contributed by atoms with E-state index in [1.165, 1.54) is 123 Å². The third-order valence-electron chi connectivity index (χ3n) is 12.9. The SMILES string of the molecule is Cc1cc(C)c(C2CNC3(C4CCCCC4[P+]3(C3CCCCC3)C3CCCCC3)N2c2c(C)cc(C)cc2C)c(C)c1. The van der Waals surface area contributed by atoms with E-state index in [0.29, 0.717) is 6.04 Å². The molecule has 0 aromatic heterocycles. The minimum absolute atomic E-state index is 0.182. The summed E-state index contributed by atoms with van der Waals surface area (Å²) in [5.74, 6) is 0.819. The van der Waals surface area contributed by atoms with Crippen LogP contribution in [0.2, 0.25) is 0 Å². The first kappa shape index (κ1) is 29.3. The van der Waals surface area contributed by atoms with E-state index in [1.54, 1.807) is 11.3 Å². The predicted molar refractivity (Wildman–Crippen MR) is 184 cm³/mol. The summed E-state index contributed by atoms with van der Waals surface area (Å²) in [5.41, 5.74) is 15.0. The van der Waals surface area contributed by atoms with Gasteiger partial charge in [0.05, 0.1) is 36.2 Å². The van der Waals surface area contributed by atoms with Crippen LogP contribution in [-0.4, -0.2) is 28.9 Å². The van der Waals surface area contributed by atoms with Crippen molar-refractivity contribution in [3.8, 4) is 0 Å². The van der Waals surface area contributed by atoms with Crippen molar-refractivity contribution in [1.82, 2.24) is 5.32 Å². The standard InChI is InChI=1S/C39H58N2P/c1-26-21-28(3)37(29(4)22-26)35-25-40-39(41(35)38-30(5)23-27(2)24-31(38)6)34-19-13-14-20-36(34)42(39,32-15-9-7-10-16-32)33-17-11-8-12-18-33/h21-24,32-36,40H,7-20,25H2,1-6H3/q+1. The van der Waals surface area contributed by atoms with Crippen molar-refractivity contribution in [1.29, 1.82) is 0 Å². The number of rotatable bonds is 4. The van der Waals surface area contributed by atoms with E-state index in [0.717, 1.165) is 29.4 Å². The van der Waals surface area contributed by atoms with Crippen molar-refractivity contribution in [2.24, 2.45) is 5.92 Å². The highest BCUT2D eigenvalue weighted by Crippen LogP contribution is 2.94. The van der Waals surface area contributed by atoms with Gasteiger partial charge in [0.2, 0.25) is 5.40 Å². The molecule has 3 heteroatoms. The first-order chi connectivity index (χ1) is 20.3. The highest BCUT2D eigenvalue weighted by Gasteiger charge is 2.86. The van der Waals surface area contributed by atoms with Crippen LogP contribution in [0.15, 0.2) is 24.3 Å². The average molecular weight is 586 g/mol. The molecule has 3 saturated carbocycles. The molecule has 2 saturated heterocycles. The Bertz CT molecular complexity index is 1240. The summed E-state index contributed by atoms with van der Waals surface area (Å²) in [6.07, 6.45) is 20.8. The summed E-state index contributed by atoms with van der Waals surface area (Å²) >= 11 is 0. The molecule has 1 N–H and O–H groups in total. The maximum atomic E-state index is 4.66. The summed E-state index contributed by atoms with van der Waals surface area (Å²) in [5, 5.41) is 4.85. The third kappa shape index (κ3) is 4.16. The zero-order valence-electron chi connectivity index (χ0n) is 27.7. The molecular formula is C39H58N2P+. The van der Waals surface area contributed by atoms with Crippen molar-refractivity contribution >= 4 is 12.9 Å². The predicted octanol–water partition coefficient (Wildman–Crippen LogP) is 10.6. The van der Waals surface area contributed by atoms with Gasteiger partial charge in [0.1, 0.15) is 0 Å².